The molecule has 9 nitrogen and oxygen atoms in total. The molecular weight excluding hydrogens is 601 g/mol. The Morgan fingerprint density at radius 2 is 1.75 bits per heavy atom. The molecule has 2 N–H and O–H groups in total. The highest BCUT2D eigenvalue weighted by Crippen LogP contribution is 2.42. The predicted octanol–water partition coefficient (Wildman–Crippen LogP) is 5.59. The molecule has 1 fully saturated rings. The smallest absolute Gasteiger partial charge is 0.262 e. The van der Waals surface area contributed by atoms with Crippen LogP contribution in [0.3, 0.4) is 0 Å². The largest absolute Gasteiger partial charge is 0.480 e. The first kappa shape index (κ1) is 29.5. The van der Waals surface area contributed by atoms with Gasteiger partial charge in [0.25, 0.3) is 5.56 Å². The van der Waals surface area contributed by atoms with Gasteiger partial charge in [0.2, 0.25) is 11.8 Å². The molecule has 1 amide bonds. The first-order valence-electron chi connectivity index (χ1n) is 14.0. The number of ether oxygens (including phenoxy) is 1. The number of hydrogen-bond donors (Lipinski definition) is 2. The number of aromatic nitrogens is 3. The van der Waals surface area contributed by atoms with Crippen LogP contribution in [-0.2, 0) is 11.3 Å². The van der Waals surface area contributed by atoms with Crippen LogP contribution in [0.1, 0.15) is 28.8 Å². The lowest BCUT2D eigenvalue weighted by atomic mass is 9.97. The molecule has 3 aromatic heterocycles. The molecule has 6 rings (SSSR count). The topological polar surface area (TPSA) is 115 Å². The second-order valence-electron chi connectivity index (χ2n) is 10.4. The Balaban J connectivity index is 1.29. The third-order valence-electron chi connectivity index (χ3n) is 7.66. The van der Waals surface area contributed by atoms with E-state index in [1.165, 1.54) is 11.5 Å². The van der Waals surface area contributed by atoms with Gasteiger partial charge in [-0.3, -0.25) is 18.8 Å². The zero-order valence-electron chi connectivity index (χ0n) is 23.6. The van der Waals surface area contributed by atoms with Gasteiger partial charge in [-0.25, -0.2) is 9.97 Å². The molecule has 0 saturated carbocycles. The third-order valence-corrected chi connectivity index (χ3v) is 8.47. The number of pyridine rings is 2. The lowest BCUT2D eigenvalue weighted by Gasteiger charge is -2.15. The highest BCUT2D eigenvalue weighted by molar-refractivity contribution is 6.39. The molecule has 0 spiro atoms. The van der Waals surface area contributed by atoms with E-state index in [4.69, 9.17) is 27.9 Å². The van der Waals surface area contributed by atoms with Gasteiger partial charge in [-0.1, -0.05) is 59.6 Å². The van der Waals surface area contributed by atoms with Gasteiger partial charge in [0.05, 0.1) is 28.4 Å². The SMILES string of the molecule is COc1nc(-c2cccc(-c3cccc(-c4ccn5c(=O)c(CNC[C@@H]6CCC(=O)N6)cnc5c4)c3Cl)c2Cl)ccc1C=O. The van der Waals surface area contributed by atoms with Gasteiger partial charge in [-0.2, -0.15) is 0 Å². The van der Waals surface area contributed by atoms with Crippen molar-refractivity contribution in [2.75, 3.05) is 13.7 Å². The Morgan fingerprint density at radius 3 is 2.45 bits per heavy atom. The molecule has 1 saturated heterocycles. The Hall–Kier alpha value is -4.57. The van der Waals surface area contributed by atoms with Crippen molar-refractivity contribution in [2.24, 2.45) is 0 Å². The lowest BCUT2D eigenvalue weighted by molar-refractivity contribution is -0.119. The Labute approximate surface area is 262 Å². The van der Waals surface area contributed by atoms with E-state index in [9.17, 15) is 14.4 Å². The summed E-state index contributed by atoms with van der Waals surface area (Å²) in [7, 11) is 1.46. The van der Waals surface area contributed by atoms with Gasteiger partial charge in [0.15, 0.2) is 6.29 Å². The van der Waals surface area contributed by atoms with Crippen LogP contribution in [0.15, 0.2) is 77.9 Å². The molecule has 11 heteroatoms. The molecule has 222 valence electrons. The summed E-state index contributed by atoms with van der Waals surface area (Å²) in [4.78, 5) is 44.9. The zero-order valence-corrected chi connectivity index (χ0v) is 25.2. The number of fused-ring (bicyclic) bond motifs is 1. The van der Waals surface area contributed by atoms with Crippen molar-refractivity contribution in [3.63, 3.8) is 0 Å². The van der Waals surface area contributed by atoms with Crippen LogP contribution >= 0.6 is 23.2 Å². The van der Waals surface area contributed by atoms with Crippen molar-refractivity contribution >= 4 is 41.0 Å². The number of halogens is 2. The van der Waals surface area contributed by atoms with E-state index in [1.807, 2.05) is 48.5 Å². The Bertz CT molecular complexity index is 1980. The number of methoxy groups -OCH3 is 1. The minimum Gasteiger partial charge on any atom is -0.480 e. The van der Waals surface area contributed by atoms with Crippen LogP contribution in [0.25, 0.3) is 39.2 Å². The summed E-state index contributed by atoms with van der Waals surface area (Å²) >= 11 is 13.9. The van der Waals surface area contributed by atoms with E-state index >= 15 is 0 Å². The third kappa shape index (κ3) is 5.69. The van der Waals surface area contributed by atoms with E-state index < -0.39 is 0 Å². The number of rotatable bonds is 9. The van der Waals surface area contributed by atoms with Crippen LogP contribution in [0, 0.1) is 0 Å². The van der Waals surface area contributed by atoms with Gasteiger partial charge < -0.3 is 15.4 Å². The molecule has 1 aliphatic rings. The summed E-state index contributed by atoms with van der Waals surface area (Å²) in [6, 6.07) is 18.4. The number of carbonyl (C=O) groups is 2. The van der Waals surface area contributed by atoms with Gasteiger partial charge in [0.1, 0.15) is 5.65 Å². The first-order valence-corrected chi connectivity index (χ1v) is 14.7. The second kappa shape index (κ2) is 12.6. The monoisotopic (exact) mass is 627 g/mol. The standard InChI is InChI=1S/C33H27Cl2N5O4/c1-44-32-20(18-41)8-10-27(39-32)26-7-3-6-25(31(26)35)24-5-2-4-23(30(24)34)19-12-13-40-28(14-19)37-16-21(33(40)43)15-36-17-22-9-11-29(42)38-22/h2-8,10,12-14,16,18,22,36H,9,11,15,17H2,1H3,(H,38,42)/t22-/m0/s1. The van der Waals surface area contributed by atoms with E-state index in [0.29, 0.717) is 69.4 Å². The van der Waals surface area contributed by atoms with Crippen LogP contribution < -0.4 is 20.9 Å². The molecule has 1 aliphatic heterocycles. The fraction of sp³-hybridized carbons (Fsp3) is 0.182. The maximum Gasteiger partial charge on any atom is 0.262 e. The number of carbonyl (C=O) groups excluding carboxylic acids is 2. The fourth-order valence-corrected chi connectivity index (χ4v) is 6.03. The number of nitrogens with one attached hydrogen (secondary N) is 2. The van der Waals surface area contributed by atoms with Crippen molar-refractivity contribution in [1.82, 2.24) is 25.0 Å². The molecule has 0 radical (unpaired) electrons. The van der Waals surface area contributed by atoms with Crippen LogP contribution in [0.2, 0.25) is 10.0 Å². The first-order chi connectivity index (χ1) is 21.4. The Kier molecular flexibility index (Phi) is 8.43. The van der Waals surface area contributed by atoms with Gasteiger partial charge in [-0.05, 0) is 36.2 Å². The summed E-state index contributed by atoms with van der Waals surface area (Å²) < 4.78 is 6.78. The second-order valence-corrected chi connectivity index (χ2v) is 11.2. The highest BCUT2D eigenvalue weighted by atomic mass is 35.5. The molecule has 5 aromatic rings. The normalized spacial score (nSPS) is 14.5. The minimum atomic E-state index is -0.167. The maximum atomic E-state index is 13.2. The van der Waals surface area contributed by atoms with Crippen LogP contribution in [-0.4, -0.2) is 46.3 Å². The van der Waals surface area contributed by atoms with Crippen molar-refractivity contribution in [1.29, 1.82) is 0 Å². The minimum absolute atomic E-state index is 0.0582. The average Bonchev–Trinajstić information content (AvgIpc) is 3.46. The summed E-state index contributed by atoms with van der Waals surface area (Å²) in [6.07, 6.45) is 5.28. The number of benzene rings is 2. The number of amides is 1. The van der Waals surface area contributed by atoms with Gasteiger partial charge in [0, 0.05) is 65.8 Å². The van der Waals surface area contributed by atoms with Gasteiger partial charge >= 0.3 is 0 Å². The highest BCUT2D eigenvalue weighted by Gasteiger charge is 2.20. The van der Waals surface area contributed by atoms with E-state index in [0.717, 1.165) is 23.1 Å². The van der Waals surface area contributed by atoms with Crippen LogP contribution in [0.5, 0.6) is 5.88 Å². The summed E-state index contributed by atoms with van der Waals surface area (Å²) in [6.45, 7) is 0.936. The van der Waals surface area contributed by atoms with Crippen molar-refractivity contribution in [3.8, 4) is 39.4 Å². The number of nitrogens with zero attached hydrogens (tertiary/aromatic N) is 3. The predicted molar refractivity (Wildman–Crippen MR) is 170 cm³/mol. The zero-order chi connectivity index (χ0) is 30.8. The Morgan fingerprint density at radius 1 is 1.02 bits per heavy atom. The fourth-order valence-electron chi connectivity index (χ4n) is 5.37. The van der Waals surface area contributed by atoms with Crippen LogP contribution in [0.4, 0.5) is 0 Å². The molecule has 0 bridgehead atoms. The molecule has 0 aliphatic carbocycles. The van der Waals surface area contributed by atoms with E-state index in [-0.39, 0.29) is 23.4 Å². The summed E-state index contributed by atoms with van der Waals surface area (Å²) in [5, 5.41) is 7.09. The van der Waals surface area contributed by atoms with Crippen molar-refractivity contribution < 1.29 is 14.3 Å². The molecular formula is C33H27Cl2N5O4. The van der Waals surface area contributed by atoms with E-state index in [2.05, 4.69) is 20.6 Å². The molecule has 1 atom stereocenters. The molecule has 44 heavy (non-hydrogen) atoms. The summed E-state index contributed by atoms with van der Waals surface area (Å²) in [5.41, 5.74) is 5.37. The average molecular weight is 629 g/mol. The van der Waals surface area contributed by atoms with E-state index in [1.54, 1.807) is 24.5 Å². The maximum absolute atomic E-state index is 13.2. The quantitative estimate of drug-likeness (QED) is 0.205. The molecule has 0 unspecified atom stereocenters. The van der Waals surface area contributed by atoms with Gasteiger partial charge in [-0.15, -0.1) is 0 Å². The molecule has 4 heterocycles. The van der Waals surface area contributed by atoms with Crippen molar-refractivity contribution in [3.05, 3.63) is 105 Å². The molecule has 2 aromatic carbocycles. The lowest BCUT2D eigenvalue weighted by Crippen LogP contribution is -2.36. The van der Waals surface area contributed by atoms with Crippen molar-refractivity contribution in [2.45, 2.75) is 25.4 Å². The summed E-state index contributed by atoms with van der Waals surface area (Å²) in [5.74, 6) is 0.272. The number of aldehydes is 1. The number of hydrogen-bond acceptors (Lipinski definition) is 7.